The van der Waals surface area contributed by atoms with E-state index in [1.165, 1.54) is 52.7 Å². The van der Waals surface area contributed by atoms with Crippen LogP contribution in [0.25, 0.3) is 0 Å². The first-order valence-corrected chi connectivity index (χ1v) is 42.6. The lowest BCUT2D eigenvalue weighted by atomic mass is 9.33. The fourth-order valence-electron chi connectivity index (χ4n) is 22.7. The normalized spacial score (nSPS) is 47.9. The van der Waals surface area contributed by atoms with Crippen LogP contribution in [0, 0.1) is 62.1 Å². The molecule has 10 fully saturated rings. The summed E-state index contributed by atoms with van der Waals surface area (Å²) in [6, 6.07) is 0. The molecule has 4 saturated heterocycles. The van der Waals surface area contributed by atoms with Crippen molar-refractivity contribution in [3.05, 3.63) is 11.6 Å². The SMILES string of the molecule is CCCCCCCCCCCCOC(=O)CCO[C@H]1C(C)O[C@@H](OC(=O)[C@]23CCC(C)(C)CC2C2=CCC4[C@@]5(C)CCC(O[C@@H]6OC(C(=O)O)[C@@H](O)C(O[C@@H]7OC[C@@H](O)C(O)C7O)C6O[C@@H]6CC(CO)[C@H](O)C(O)C6O)C(C)(CO)C5CC[C@@]4(C)[C@]2(C)CC3O)C(O[C@@H]2CC(C)[C@H](O[C@@H]3OC[C@@H](O)C(OC)C3O)C(OC)C2O)C1O. The lowest BCUT2D eigenvalue weighted by molar-refractivity contribution is -0.371. The standard InChI is InChI=1S/C83H138O32/c1-12-13-14-15-16-17-18-19-20-21-31-104-54(89)26-32-105-65-42(3)108-75(70(61(65)96)109-48-33-41(2)64(67(103-11)58(48)93)112-74-63(98)66(102-10)47(87)39-107-74)115-77(101)83-30-29-78(4,5)35-45(83)44-22-23-51-79(6)27-25-53(80(7,40-85)50(79)24-28-81(51,8)82(44,9)36-52(83)88)111-76-71(110-49-34-43(37-84)55(90)59(94)57(49)92)68(62(97)69(114-76)72(99)100)113-73-60(95)56(91)46(86)38-106-73/h22,41-43,45-53,55-71,73-76,84-88,90-98H,12-21,23-40H2,1-11H3,(H,99,100)/t41?,42?,43?,45?,46-,47-,48-,49-,50?,51?,52?,53?,55+,56?,57?,58?,59?,60?,61?,62+,63?,64+,65+,66?,67?,68?,69?,70?,71?,73+,74+,75+,76-,79+,80?,81-,82-,83-/m1/s1. The van der Waals surface area contributed by atoms with E-state index in [2.05, 4.69) is 47.6 Å². The average molecular weight is 1650 g/mol. The van der Waals surface area contributed by atoms with Gasteiger partial charge in [-0.15, -0.1) is 0 Å². The van der Waals surface area contributed by atoms with Crippen LogP contribution in [0.2, 0.25) is 0 Å². The Labute approximate surface area is 675 Å². The number of carbonyl (C=O) groups is 3. The van der Waals surface area contributed by atoms with E-state index in [1.807, 2.05) is 13.8 Å². The highest BCUT2D eigenvalue weighted by atomic mass is 16.8. The summed E-state index contributed by atoms with van der Waals surface area (Å²) < 4.78 is 86.9. The molecule has 32 nitrogen and oxygen atoms in total. The van der Waals surface area contributed by atoms with Crippen LogP contribution in [0.4, 0.5) is 0 Å². The van der Waals surface area contributed by atoms with Crippen LogP contribution < -0.4 is 0 Å². The van der Waals surface area contributed by atoms with Crippen LogP contribution in [-0.4, -0.2) is 320 Å². The van der Waals surface area contributed by atoms with Crippen molar-refractivity contribution in [3.63, 3.8) is 0 Å². The number of hydrogen-bond acceptors (Lipinski definition) is 31. The number of hydrogen-bond donors (Lipinski definition) is 15. The summed E-state index contributed by atoms with van der Waals surface area (Å²) in [6.45, 7) is 16.7. The van der Waals surface area contributed by atoms with E-state index < -0.39 is 254 Å². The summed E-state index contributed by atoms with van der Waals surface area (Å²) in [5.41, 5.74) is -4.02. The van der Waals surface area contributed by atoms with E-state index in [4.69, 9.17) is 66.3 Å². The molecule has 22 unspecified atom stereocenters. The Morgan fingerprint density at radius 3 is 1.83 bits per heavy atom. The number of fused-ring (bicyclic) bond motifs is 7. The second-order valence-corrected chi connectivity index (χ2v) is 37.4. The molecule has 38 atom stereocenters. The Kier molecular flexibility index (Phi) is 31.1. The number of aliphatic carboxylic acids is 1. The number of ether oxygens (including phenoxy) is 14. The zero-order chi connectivity index (χ0) is 83.8. The number of carbonyl (C=O) groups excluding carboxylic acids is 2. The van der Waals surface area contributed by atoms with Gasteiger partial charge < -0.3 is 143 Å². The second kappa shape index (κ2) is 38.5. The molecule has 0 bridgehead atoms. The summed E-state index contributed by atoms with van der Waals surface area (Å²) >= 11 is 0. The lowest BCUT2D eigenvalue weighted by Crippen LogP contribution is -2.69. The maximum Gasteiger partial charge on any atom is 0.335 e. The van der Waals surface area contributed by atoms with E-state index in [0.717, 1.165) is 31.3 Å². The van der Waals surface area contributed by atoms with Gasteiger partial charge in [-0.3, -0.25) is 9.59 Å². The van der Waals surface area contributed by atoms with Gasteiger partial charge in [-0.2, -0.15) is 0 Å². The van der Waals surface area contributed by atoms with E-state index >= 15 is 4.79 Å². The molecular weight excluding hydrogens is 1510 g/mol. The number of aliphatic hydroxyl groups excluding tert-OH is 14. The molecule has 11 aliphatic rings. The molecule has 15 N–H and O–H groups in total. The molecule has 0 spiro atoms. The van der Waals surface area contributed by atoms with Gasteiger partial charge in [-0.1, -0.05) is 125 Å². The fourth-order valence-corrected chi connectivity index (χ4v) is 22.7. The van der Waals surface area contributed by atoms with Gasteiger partial charge in [0.2, 0.25) is 6.29 Å². The fraction of sp³-hybridized carbons (Fsp3) is 0.940. The van der Waals surface area contributed by atoms with Crippen LogP contribution >= 0.6 is 0 Å². The molecule has 115 heavy (non-hydrogen) atoms. The summed E-state index contributed by atoms with van der Waals surface area (Å²) in [4.78, 5) is 42.5. The number of allylic oxidation sites excluding steroid dienone is 2. The van der Waals surface area contributed by atoms with Crippen molar-refractivity contribution in [1.82, 2.24) is 0 Å². The number of carboxylic acids is 1. The molecule has 0 aromatic carbocycles. The van der Waals surface area contributed by atoms with Gasteiger partial charge in [0, 0.05) is 32.2 Å². The molecular formula is C83H138O32. The van der Waals surface area contributed by atoms with Crippen LogP contribution in [0.1, 0.15) is 204 Å². The highest BCUT2D eigenvalue weighted by molar-refractivity contribution is 5.80. The maximum atomic E-state index is 16.2. The van der Waals surface area contributed by atoms with Gasteiger partial charge in [0.05, 0.1) is 82.2 Å². The van der Waals surface area contributed by atoms with Gasteiger partial charge in [-0.25, -0.2) is 4.79 Å². The topological polar surface area (TPSA) is 484 Å². The first-order valence-electron chi connectivity index (χ1n) is 42.6. The van der Waals surface area contributed by atoms with Gasteiger partial charge in [0.1, 0.15) is 103 Å². The maximum absolute atomic E-state index is 16.2. The minimum atomic E-state index is -2.13. The van der Waals surface area contributed by atoms with Gasteiger partial charge in [-0.05, 0) is 129 Å². The van der Waals surface area contributed by atoms with E-state index in [9.17, 15) is 86.2 Å². The van der Waals surface area contributed by atoms with Crippen molar-refractivity contribution in [2.75, 3.05) is 53.9 Å². The highest BCUT2D eigenvalue weighted by Gasteiger charge is 2.73. The largest absolute Gasteiger partial charge is 0.479 e. The second-order valence-electron chi connectivity index (χ2n) is 37.4. The van der Waals surface area contributed by atoms with Crippen LogP contribution in [0.3, 0.4) is 0 Å². The van der Waals surface area contributed by atoms with Crippen molar-refractivity contribution in [2.24, 2.45) is 62.1 Å². The van der Waals surface area contributed by atoms with Gasteiger partial charge in [0.15, 0.2) is 25.0 Å². The minimum absolute atomic E-state index is 0.0645. The number of esters is 2. The van der Waals surface area contributed by atoms with Gasteiger partial charge >= 0.3 is 17.9 Å². The summed E-state index contributed by atoms with van der Waals surface area (Å²) in [5.74, 6) is -5.52. The Hall–Kier alpha value is -2.89. The molecule has 4 aliphatic heterocycles. The lowest BCUT2D eigenvalue weighted by Gasteiger charge is -2.72. The molecule has 32 heteroatoms. The number of rotatable bonds is 32. The Balaban J connectivity index is 0.840. The predicted octanol–water partition coefficient (Wildman–Crippen LogP) is 2.50. The van der Waals surface area contributed by atoms with Crippen molar-refractivity contribution in [1.29, 1.82) is 0 Å². The van der Waals surface area contributed by atoms with Crippen LogP contribution in [0.15, 0.2) is 11.6 Å². The zero-order valence-electron chi connectivity index (χ0n) is 69.1. The molecule has 11 rings (SSSR count). The van der Waals surface area contributed by atoms with E-state index in [1.54, 1.807) is 6.92 Å². The van der Waals surface area contributed by atoms with Crippen molar-refractivity contribution in [3.8, 4) is 0 Å². The third-order valence-electron chi connectivity index (χ3n) is 29.8. The smallest absolute Gasteiger partial charge is 0.335 e. The Morgan fingerprint density at radius 1 is 0.548 bits per heavy atom. The van der Waals surface area contributed by atoms with Crippen molar-refractivity contribution < 1.29 is 157 Å². The number of carboxylic acid groups (broad SMARTS) is 1. The van der Waals surface area contributed by atoms with Crippen LogP contribution in [0.5, 0.6) is 0 Å². The molecule has 0 aromatic heterocycles. The predicted molar refractivity (Wildman–Crippen MR) is 404 cm³/mol. The molecule has 6 saturated carbocycles. The summed E-state index contributed by atoms with van der Waals surface area (Å²) in [5, 5.41) is 171. The summed E-state index contributed by atoms with van der Waals surface area (Å²) in [7, 11) is 2.72. The number of aliphatic hydroxyl groups is 14. The Bertz CT molecular complexity index is 3190. The number of methoxy groups -OCH3 is 2. The molecule has 0 amide bonds. The molecule has 662 valence electrons. The molecule has 0 aromatic rings. The third kappa shape index (κ3) is 18.4. The van der Waals surface area contributed by atoms with E-state index in [0.29, 0.717) is 38.5 Å². The van der Waals surface area contributed by atoms with Crippen molar-refractivity contribution in [2.45, 2.75) is 375 Å². The first-order chi connectivity index (χ1) is 54.4. The minimum Gasteiger partial charge on any atom is -0.479 e. The third-order valence-corrected chi connectivity index (χ3v) is 29.8. The van der Waals surface area contributed by atoms with Crippen molar-refractivity contribution >= 4 is 17.9 Å². The molecule has 4 heterocycles. The Morgan fingerprint density at radius 2 is 1.18 bits per heavy atom. The van der Waals surface area contributed by atoms with Crippen LogP contribution in [-0.2, 0) is 80.7 Å². The average Bonchev–Trinajstić information content (AvgIpc) is 0.669. The quantitative estimate of drug-likeness (QED) is 0.0199. The zero-order valence-corrected chi connectivity index (χ0v) is 69.1. The number of unbranched alkanes of at least 4 members (excludes halogenated alkanes) is 9. The molecule has 0 radical (unpaired) electrons. The van der Waals surface area contributed by atoms with E-state index in [-0.39, 0.29) is 75.6 Å². The summed E-state index contributed by atoms with van der Waals surface area (Å²) in [6.07, 6.45) is -25.7. The first kappa shape index (κ1) is 92.8. The molecule has 7 aliphatic carbocycles. The monoisotopic (exact) mass is 1650 g/mol. The highest BCUT2D eigenvalue weighted by Crippen LogP contribution is 2.76. The van der Waals surface area contributed by atoms with Gasteiger partial charge in [0.25, 0.3) is 0 Å².